The fourth-order valence-electron chi connectivity index (χ4n) is 3.03. The molecule has 0 aliphatic carbocycles. The van der Waals surface area contributed by atoms with E-state index in [0.29, 0.717) is 18.8 Å². The lowest BCUT2D eigenvalue weighted by Gasteiger charge is -2.21. The summed E-state index contributed by atoms with van der Waals surface area (Å²) < 4.78 is 25.7. The summed E-state index contributed by atoms with van der Waals surface area (Å²) in [5.41, 5.74) is 2.56. The number of pyridine rings is 1. The van der Waals surface area contributed by atoms with Gasteiger partial charge in [-0.15, -0.1) is 0 Å². The first kappa shape index (κ1) is 20.8. The zero-order valence-electron chi connectivity index (χ0n) is 16.7. The average Bonchev–Trinajstić information content (AvgIpc) is 2.73. The topological polar surface area (TPSA) is 51.6 Å². The van der Waals surface area contributed by atoms with E-state index in [1.807, 2.05) is 49.4 Å². The lowest BCUT2D eigenvalue weighted by molar-refractivity contribution is 0.106. The Morgan fingerprint density at radius 1 is 1.07 bits per heavy atom. The number of hydrogen-bond acceptors (Lipinski definition) is 4. The van der Waals surface area contributed by atoms with E-state index in [4.69, 9.17) is 9.47 Å². The van der Waals surface area contributed by atoms with Crippen LogP contribution in [0.5, 0.6) is 11.5 Å². The normalized spacial score (nSPS) is 13.0. The van der Waals surface area contributed by atoms with E-state index >= 15 is 0 Å². The van der Waals surface area contributed by atoms with Crippen LogP contribution in [-0.2, 0) is 0 Å². The fraction of sp³-hybridized carbons (Fsp3) is 0.292. The van der Waals surface area contributed by atoms with Crippen molar-refractivity contribution < 1.29 is 19.0 Å². The number of nitrogens with zero attached hydrogens (tertiary/aromatic N) is 1. The molecule has 4 nitrogen and oxygen atoms in total. The van der Waals surface area contributed by atoms with Crippen molar-refractivity contribution in [2.45, 2.75) is 38.9 Å². The molecule has 0 bridgehead atoms. The summed E-state index contributed by atoms with van der Waals surface area (Å²) in [6, 6.07) is 16.2. The number of aliphatic hydroxyl groups is 1. The lowest BCUT2D eigenvalue weighted by atomic mass is 10.0. The molecular weight excluding hydrogens is 369 g/mol. The number of hydrogen-bond donors (Lipinski definition) is 1. The molecule has 0 fully saturated rings. The molecule has 0 radical (unpaired) electrons. The van der Waals surface area contributed by atoms with Gasteiger partial charge in [0.15, 0.2) is 11.6 Å². The smallest absolute Gasteiger partial charge is 0.165 e. The molecule has 2 unspecified atom stereocenters. The molecule has 2 aromatic carbocycles. The highest BCUT2D eigenvalue weighted by atomic mass is 19.1. The zero-order chi connectivity index (χ0) is 20.6. The van der Waals surface area contributed by atoms with Crippen LogP contribution in [0.15, 0.2) is 67.0 Å². The van der Waals surface area contributed by atoms with Gasteiger partial charge in [0.1, 0.15) is 11.9 Å². The highest BCUT2D eigenvalue weighted by Gasteiger charge is 2.16. The van der Waals surface area contributed by atoms with E-state index in [0.717, 1.165) is 23.1 Å². The third-order valence-corrected chi connectivity index (χ3v) is 4.47. The van der Waals surface area contributed by atoms with Gasteiger partial charge in [0.25, 0.3) is 0 Å². The Labute approximate surface area is 171 Å². The molecule has 0 spiro atoms. The molecule has 1 heterocycles. The second-order valence-electron chi connectivity index (χ2n) is 7.00. The highest BCUT2D eigenvalue weighted by Crippen LogP contribution is 2.30. The molecule has 0 aliphatic rings. The van der Waals surface area contributed by atoms with Gasteiger partial charge in [-0.25, -0.2) is 4.39 Å². The van der Waals surface area contributed by atoms with Crippen LogP contribution in [0.4, 0.5) is 4.39 Å². The molecule has 0 amide bonds. The van der Waals surface area contributed by atoms with E-state index in [-0.39, 0.29) is 17.7 Å². The summed E-state index contributed by atoms with van der Waals surface area (Å²) in [6.07, 6.45) is 3.93. The number of benzene rings is 2. The predicted molar refractivity (Wildman–Crippen MR) is 112 cm³/mol. The van der Waals surface area contributed by atoms with Crippen molar-refractivity contribution in [3.8, 4) is 22.6 Å². The Balaban J connectivity index is 1.74. The Morgan fingerprint density at radius 2 is 1.83 bits per heavy atom. The molecule has 29 heavy (non-hydrogen) atoms. The summed E-state index contributed by atoms with van der Waals surface area (Å²) in [5, 5.41) is 9.81. The number of aromatic nitrogens is 1. The third kappa shape index (κ3) is 5.78. The second kappa shape index (κ2) is 10.0. The summed E-state index contributed by atoms with van der Waals surface area (Å²) >= 11 is 0. The number of halogens is 1. The molecule has 1 aromatic heterocycles. The maximum absolute atomic E-state index is 14.2. The highest BCUT2D eigenvalue weighted by molar-refractivity contribution is 5.65. The first-order valence-electron chi connectivity index (χ1n) is 9.84. The van der Waals surface area contributed by atoms with Crippen molar-refractivity contribution in [1.82, 2.24) is 4.98 Å². The molecule has 0 saturated heterocycles. The lowest BCUT2D eigenvalue weighted by Crippen LogP contribution is -2.14. The van der Waals surface area contributed by atoms with Crippen LogP contribution in [0, 0.1) is 5.82 Å². The van der Waals surface area contributed by atoms with Crippen molar-refractivity contribution in [2.75, 3.05) is 6.61 Å². The standard InChI is InChI=1S/C24H26FNO3/c1-3-13-28-23-11-8-19(15-22(23)25)18-6-9-21(10-7-18)29-24(14-17(2)27)20-5-4-12-26-16-20/h4-12,15-17,24,27H,3,13-14H2,1-2H3. The summed E-state index contributed by atoms with van der Waals surface area (Å²) in [4.78, 5) is 4.13. The van der Waals surface area contributed by atoms with Crippen LogP contribution in [0.1, 0.15) is 38.4 Å². The molecule has 0 saturated carbocycles. The molecule has 3 rings (SSSR count). The van der Waals surface area contributed by atoms with Crippen molar-refractivity contribution in [1.29, 1.82) is 0 Å². The molecule has 152 valence electrons. The van der Waals surface area contributed by atoms with Gasteiger partial charge in [-0.2, -0.15) is 0 Å². The first-order chi connectivity index (χ1) is 14.1. The molecular formula is C24H26FNO3. The van der Waals surface area contributed by atoms with Crippen LogP contribution in [0.3, 0.4) is 0 Å². The molecule has 0 aliphatic heterocycles. The van der Waals surface area contributed by atoms with Gasteiger partial charge in [0, 0.05) is 24.4 Å². The van der Waals surface area contributed by atoms with Crippen molar-refractivity contribution >= 4 is 0 Å². The summed E-state index contributed by atoms with van der Waals surface area (Å²) in [6.45, 7) is 4.21. The maximum Gasteiger partial charge on any atom is 0.165 e. The van der Waals surface area contributed by atoms with Crippen LogP contribution in [-0.4, -0.2) is 22.8 Å². The van der Waals surface area contributed by atoms with Crippen LogP contribution < -0.4 is 9.47 Å². The van der Waals surface area contributed by atoms with Crippen molar-refractivity contribution in [3.05, 3.63) is 78.4 Å². The molecule has 3 aromatic rings. The largest absolute Gasteiger partial charge is 0.491 e. The van der Waals surface area contributed by atoms with Crippen LogP contribution in [0.2, 0.25) is 0 Å². The summed E-state index contributed by atoms with van der Waals surface area (Å²) in [7, 11) is 0. The van der Waals surface area contributed by atoms with Crippen molar-refractivity contribution in [3.63, 3.8) is 0 Å². The van der Waals surface area contributed by atoms with Crippen LogP contribution in [0.25, 0.3) is 11.1 Å². The number of ether oxygens (including phenoxy) is 2. The van der Waals surface area contributed by atoms with E-state index in [1.165, 1.54) is 6.07 Å². The quantitative estimate of drug-likeness (QED) is 0.515. The Hall–Kier alpha value is -2.92. The fourth-order valence-corrected chi connectivity index (χ4v) is 3.03. The van der Waals surface area contributed by atoms with E-state index in [1.54, 1.807) is 25.4 Å². The average molecular weight is 395 g/mol. The maximum atomic E-state index is 14.2. The zero-order valence-corrected chi connectivity index (χ0v) is 16.7. The molecule has 5 heteroatoms. The minimum Gasteiger partial charge on any atom is -0.491 e. The Morgan fingerprint density at radius 3 is 2.45 bits per heavy atom. The minimum absolute atomic E-state index is 0.271. The number of rotatable bonds is 9. The van der Waals surface area contributed by atoms with Gasteiger partial charge in [-0.05, 0) is 54.8 Å². The molecule has 2 atom stereocenters. The Bertz CT molecular complexity index is 898. The Kier molecular flexibility index (Phi) is 7.19. The SMILES string of the molecule is CCCOc1ccc(-c2ccc(OC(CC(C)O)c3cccnc3)cc2)cc1F. The van der Waals surface area contributed by atoms with E-state index < -0.39 is 6.10 Å². The van der Waals surface area contributed by atoms with Gasteiger partial charge >= 0.3 is 0 Å². The minimum atomic E-state index is -0.504. The van der Waals surface area contributed by atoms with Crippen LogP contribution >= 0.6 is 0 Å². The molecule has 1 N–H and O–H groups in total. The van der Waals surface area contributed by atoms with Crippen molar-refractivity contribution in [2.24, 2.45) is 0 Å². The van der Waals surface area contributed by atoms with E-state index in [9.17, 15) is 9.50 Å². The first-order valence-corrected chi connectivity index (χ1v) is 9.84. The monoisotopic (exact) mass is 395 g/mol. The van der Waals surface area contributed by atoms with Gasteiger partial charge in [-0.3, -0.25) is 4.98 Å². The van der Waals surface area contributed by atoms with Gasteiger partial charge in [0.05, 0.1) is 12.7 Å². The van der Waals surface area contributed by atoms with Gasteiger partial charge in [-0.1, -0.05) is 31.2 Å². The van der Waals surface area contributed by atoms with Gasteiger partial charge < -0.3 is 14.6 Å². The third-order valence-electron chi connectivity index (χ3n) is 4.47. The second-order valence-corrected chi connectivity index (χ2v) is 7.00. The van der Waals surface area contributed by atoms with E-state index in [2.05, 4.69) is 4.98 Å². The van der Waals surface area contributed by atoms with Gasteiger partial charge in [0.2, 0.25) is 0 Å². The summed E-state index contributed by atoms with van der Waals surface area (Å²) in [5.74, 6) is 0.574. The number of aliphatic hydroxyl groups excluding tert-OH is 1. The predicted octanol–water partition coefficient (Wildman–Crippen LogP) is 5.57.